The van der Waals surface area contributed by atoms with Crippen LogP contribution in [0.15, 0.2) is 36.9 Å². The number of hydrogen-bond donors (Lipinski definition) is 2. The van der Waals surface area contributed by atoms with Crippen molar-refractivity contribution in [2.24, 2.45) is 0 Å². The molecule has 1 aromatic carbocycles. The lowest BCUT2D eigenvalue weighted by Crippen LogP contribution is -2.09. The second-order valence-corrected chi connectivity index (χ2v) is 5.55. The van der Waals surface area contributed by atoms with E-state index in [9.17, 15) is 0 Å². The van der Waals surface area contributed by atoms with Crippen molar-refractivity contribution in [2.45, 2.75) is 26.5 Å². The zero-order valence-corrected chi connectivity index (χ0v) is 12.8. The zero-order valence-electron chi connectivity index (χ0n) is 12.8. The van der Waals surface area contributed by atoms with Crippen LogP contribution >= 0.6 is 0 Å². The number of aryl methyl sites for hydroxylation is 1. The van der Waals surface area contributed by atoms with Gasteiger partial charge in [0.25, 0.3) is 0 Å². The number of rotatable bonds is 3. The summed E-state index contributed by atoms with van der Waals surface area (Å²) in [7, 11) is 0. The molecule has 0 amide bonds. The number of ether oxygens (including phenoxy) is 1. The number of aromatic amines is 1. The Hall–Kier alpha value is -2.89. The molecule has 4 rings (SSSR count). The van der Waals surface area contributed by atoms with E-state index >= 15 is 0 Å². The first-order valence-corrected chi connectivity index (χ1v) is 7.57. The van der Waals surface area contributed by atoms with Crippen molar-refractivity contribution < 1.29 is 4.74 Å². The second-order valence-electron chi connectivity index (χ2n) is 5.55. The first-order chi connectivity index (χ1) is 11.3. The second kappa shape index (κ2) is 5.72. The van der Waals surface area contributed by atoms with Crippen LogP contribution in [0.1, 0.15) is 28.2 Å². The average Bonchev–Trinajstić information content (AvgIpc) is 2.88. The molecule has 116 valence electrons. The van der Waals surface area contributed by atoms with Gasteiger partial charge in [-0.05, 0) is 18.6 Å². The summed E-state index contributed by atoms with van der Waals surface area (Å²) >= 11 is 0. The number of anilines is 1. The molecule has 0 spiro atoms. The van der Waals surface area contributed by atoms with E-state index in [1.54, 1.807) is 12.7 Å². The molecule has 6 heteroatoms. The highest BCUT2D eigenvalue weighted by Gasteiger charge is 2.18. The van der Waals surface area contributed by atoms with Crippen LogP contribution in [0.2, 0.25) is 0 Å². The highest BCUT2D eigenvalue weighted by atomic mass is 16.5. The first kappa shape index (κ1) is 13.8. The number of benzene rings is 1. The van der Waals surface area contributed by atoms with Crippen LogP contribution in [0.4, 0.5) is 5.82 Å². The molecule has 0 saturated carbocycles. The number of nitrogens with zero attached hydrogens (tertiary/aromatic N) is 3. The Morgan fingerprint density at radius 2 is 2.13 bits per heavy atom. The Bertz CT molecular complexity index is 843. The van der Waals surface area contributed by atoms with Gasteiger partial charge in [0.15, 0.2) is 0 Å². The molecule has 1 aliphatic rings. The largest absolute Gasteiger partial charge is 0.487 e. The fourth-order valence-corrected chi connectivity index (χ4v) is 2.77. The fourth-order valence-electron chi connectivity index (χ4n) is 2.77. The normalized spacial score (nSPS) is 12.7. The van der Waals surface area contributed by atoms with E-state index < -0.39 is 0 Å². The highest BCUT2D eigenvalue weighted by molar-refractivity contribution is 5.51. The maximum Gasteiger partial charge on any atom is 0.133 e. The standard InChI is InChI=1S/C17H17N5O/c1-11-14(20-9-19-11)7-18-17-13-6-12-4-2-3-5-16(12)23-8-15(13)21-10-22-17/h2-5,9-10H,6-8H2,1H3,(H,19,20)(H,18,21,22). The number of fused-ring (bicyclic) bond motifs is 2. The predicted molar refractivity (Wildman–Crippen MR) is 86.3 cm³/mol. The maximum absolute atomic E-state index is 5.86. The first-order valence-electron chi connectivity index (χ1n) is 7.57. The van der Waals surface area contributed by atoms with Crippen molar-refractivity contribution in [1.82, 2.24) is 19.9 Å². The van der Waals surface area contributed by atoms with Gasteiger partial charge < -0.3 is 15.0 Å². The van der Waals surface area contributed by atoms with Gasteiger partial charge in [0, 0.05) is 17.7 Å². The van der Waals surface area contributed by atoms with Crippen molar-refractivity contribution in [3.63, 3.8) is 0 Å². The quantitative estimate of drug-likeness (QED) is 0.778. The Kier molecular flexibility index (Phi) is 3.42. The van der Waals surface area contributed by atoms with Crippen LogP contribution in [0.3, 0.4) is 0 Å². The fraction of sp³-hybridized carbons (Fsp3) is 0.235. The van der Waals surface area contributed by atoms with E-state index in [1.165, 1.54) is 0 Å². The topological polar surface area (TPSA) is 75.7 Å². The summed E-state index contributed by atoms with van der Waals surface area (Å²) < 4.78 is 5.86. The molecule has 1 aliphatic heterocycles. The Morgan fingerprint density at radius 1 is 1.22 bits per heavy atom. The summed E-state index contributed by atoms with van der Waals surface area (Å²) in [5.74, 6) is 1.76. The molecule has 0 saturated heterocycles. The number of aromatic nitrogens is 4. The summed E-state index contributed by atoms with van der Waals surface area (Å²) in [6, 6.07) is 8.09. The zero-order chi connectivity index (χ0) is 15.6. The van der Waals surface area contributed by atoms with E-state index in [1.807, 2.05) is 25.1 Å². The van der Waals surface area contributed by atoms with Crippen LogP contribution < -0.4 is 10.1 Å². The molecule has 3 heterocycles. The summed E-state index contributed by atoms with van der Waals surface area (Å²) in [6.45, 7) is 3.10. The monoisotopic (exact) mass is 307 g/mol. The van der Waals surface area contributed by atoms with Crippen molar-refractivity contribution in [1.29, 1.82) is 0 Å². The number of para-hydroxylation sites is 1. The van der Waals surface area contributed by atoms with Crippen molar-refractivity contribution >= 4 is 5.82 Å². The summed E-state index contributed by atoms with van der Waals surface area (Å²) in [4.78, 5) is 16.2. The Labute approximate surface area is 134 Å². The number of imidazole rings is 1. The lowest BCUT2D eigenvalue weighted by molar-refractivity contribution is 0.302. The Morgan fingerprint density at radius 3 is 3.00 bits per heavy atom. The molecule has 2 aromatic heterocycles. The molecular formula is C17H17N5O. The van der Waals surface area contributed by atoms with Gasteiger partial charge in [-0.2, -0.15) is 0 Å². The molecular weight excluding hydrogens is 290 g/mol. The molecule has 2 N–H and O–H groups in total. The smallest absolute Gasteiger partial charge is 0.133 e. The summed E-state index contributed by atoms with van der Waals surface area (Å²) in [5, 5.41) is 3.39. The van der Waals surface area contributed by atoms with Gasteiger partial charge in [0.05, 0.1) is 24.3 Å². The maximum atomic E-state index is 5.86. The van der Waals surface area contributed by atoms with E-state index in [0.29, 0.717) is 13.2 Å². The molecule has 0 unspecified atom stereocenters. The Balaban J connectivity index is 1.64. The number of H-pyrrole nitrogens is 1. The average molecular weight is 307 g/mol. The van der Waals surface area contributed by atoms with Crippen LogP contribution in [-0.4, -0.2) is 19.9 Å². The molecule has 0 radical (unpaired) electrons. The number of hydrogen-bond acceptors (Lipinski definition) is 5. The van der Waals surface area contributed by atoms with Crippen LogP contribution in [0.25, 0.3) is 0 Å². The van der Waals surface area contributed by atoms with E-state index in [0.717, 1.165) is 46.2 Å². The molecule has 23 heavy (non-hydrogen) atoms. The third-order valence-corrected chi connectivity index (χ3v) is 4.10. The third kappa shape index (κ3) is 2.63. The van der Waals surface area contributed by atoms with E-state index in [-0.39, 0.29) is 0 Å². The third-order valence-electron chi connectivity index (χ3n) is 4.10. The van der Waals surface area contributed by atoms with Gasteiger partial charge in [-0.1, -0.05) is 18.2 Å². The van der Waals surface area contributed by atoms with Gasteiger partial charge in [-0.3, -0.25) is 0 Å². The van der Waals surface area contributed by atoms with Crippen LogP contribution in [-0.2, 0) is 19.6 Å². The van der Waals surface area contributed by atoms with Gasteiger partial charge in [0.1, 0.15) is 24.5 Å². The lowest BCUT2D eigenvalue weighted by atomic mass is 10.0. The molecule has 6 nitrogen and oxygen atoms in total. The molecule has 0 atom stereocenters. The summed E-state index contributed by atoms with van der Waals surface area (Å²) in [5.41, 5.74) is 5.22. The van der Waals surface area contributed by atoms with Gasteiger partial charge in [-0.25, -0.2) is 15.0 Å². The van der Waals surface area contributed by atoms with Crippen molar-refractivity contribution in [3.05, 3.63) is 65.1 Å². The molecule has 3 aromatic rings. The van der Waals surface area contributed by atoms with Gasteiger partial charge in [-0.15, -0.1) is 0 Å². The van der Waals surface area contributed by atoms with E-state index in [4.69, 9.17) is 4.74 Å². The van der Waals surface area contributed by atoms with Crippen LogP contribution in [0, 0.1) is 6.92 Å². The van der Waals surface area contributed by atoms with Crippen molar-refractivity contribution in [3.8, 4) is 5.75 Å². The number of nitrogens with one attached hydrogen (secondary N) is 2. The van der Waals surface area contributed by atoms with Gasteiger partial charge in [0.2, 0.25) is 0 Å². The predicted octanol–water partition coefficient (Wildman–Crippen LogP) is 2.60. The highest BCUT2D eigenvalue weighted by Crippen LogP contribution is 2.30. The van der Waals surface area contributed by atoms with E-state index in [2.05, 4.69) is 31.3 Å². The van der Waals surface area contributed by atoms with Gasteiger partial charge >= 0.3 is 0 Å². The minimum Gasteiger partial charge on any atom is -0.487 e. The lowest BCUT2D eigenvalue weighted by Gasteiger charge is -2.11. The summed E-state index contributed by atoms with van der Waals surface area (Å²) in [6.07, 6.45) is 4.04. The van der Waals surface area contributed by atoms with Crippen molar-refractivity contribution in [2.75, 3.05) is 5.32 Å². The molecule has 0 fully saturated rings. The minimum atomic E-state index is 0.463. The SMILES string of the molecule is Cc1[nH]cnc1CNc1ncnc2c1Cc1ccccc1OC2. The minimum absolute atomic E-state index is 0.463. The van der Waals surface area contributed by atoms with Crippen LogP contribution in [0.5, 0.6) is 5.75 Å². The molecule has 0 bridgehead atoms. The molecule has 0 aliphatic carbocycles.